The Morgan fingerprint density at radius 1 is 1.36 bits per heavy atom. The second-order valence-electron chi connectivity index (χ2n) is 5.15. The van der Waals surface area contributed by atoms with Crippen molar-refractivity contribution in [2.24, 2.45) is 7.05 Å². The first-order valence-corrected chi connectivity index (χ1v) is 9.32. The number of carbonyl (C=O) groups is 1. The highest BCUT2D eigenvalue weighted by Crippen LogP contribution is 2.23. The van der Waals surface area contributed by atoms with Gasteiger partial charge in [-0.2, -0.15) is 0 Å². The maximum absolute atomic E-state index is 12.2. The molecule has 0 aliphatic heterocycles. The zero-order valence-electron chi connectivity index (χ0n) is 13.7. The average Bonchev–Trinajstić information content (AvgIpc) is 3.25. The van der Waals surface area contributed by atoms with E-state index in [2.05, 4.69) is 20.5 Å². The van der Waals surface area contributed by atoms with Crippen molar-refractivity contribution in [1.82, 2.24) is 19.7 Å². The SMILES string of the molecule is C[C@H](Sc1nnc(COc2ccccc2)n1C)C(=O)Nc1nccs1. The highest BCUT2D eigenvalue weighted by Gasteiger charge is 2.19. The van der Waals surface area contributed by atoms with E-state index in [0.29, 0.717) is 22.7 Å². The normalized spacial score (nSPS) is 11.9. The van der Waals surface area contributed by atoms with Gasteiger partial charge in [0.1, 0.15) is 12.4 Å². The minimum atomic E-state index is -0.324. The molecule has 25 heavy (non-hydrogen) atoms. The van der Waals surface area contributed by atoms with Gasteiger partial charge in [-0.05, 0) is 19.1 Å². The molecule has 7 nitrogen and oxygen atoms in total. The van der Waals surface area contributed by atoms with Gasteiger partial charge >= 0.3 is 0 Å². The van der Waals surface area contributed by atoms with Crippen molar-refractivity contribution in [2.75, 3.05) is 5.32 Å². The number of hydrogen-bond donors (Lipinski definition) is 1. The van der Waals surface area contributed by atoms with Crippen molar-refractivity contribution in [3.8, 4) is 5.75 Å². The summed E-state index contributed by atoms with van der Waals surface area (Å²) in [6, 6.07) is 9.53. The predicted molar refractivity (Wildman–Crippen MR) is 97.8 cm³/mol. The standard InChI is InChI=1S/C16H17N5O2S2/c1-11(14(22)18-15-17-8-9-24-15)25-16-20-19-13(21(16)2)10-23-12-6-4-3-5-7-12/h3-9,11H,10H2,1-2H3,(H,17,18,22)/t11-/m0/s1. The van der Waals surface area contributed by atoms with Gasteiger partial charge < -0.3 is 14.6 Å². The van der Waals surface area contributed by atoms with Gasteiger partial charge in [0.05, 0.1) is 5.25 Å². The molecule has 0 spiro atoms. The highest BCUT2D eigenvalue weighted by molar-refractivity contribution is 8.00. The Kier molecular flexibility index (Phi) is 5.67. The molecule has 0 bridgehead atoms. The number of thioether (sulfide) groups is 1. The molecule has 3 rings (SSSR count). The van der Waals surface area contributed by atoms with Crippen LogP contribution < -0.4 is 10.1 Å². The van der Waals surface area contributed by atoms with Crippen LogP contribution in [0.5, 0.6) is 5.75 Å². The lowest BCUT2D eigenvalue weighted by Gasteiger charge is -2.10. The lowest BCUT2D eigenvalue weighted by Crippen LogP contribution is -2.22. The third-order valence-corrected chi connectivity index (χ3v) is 5.17. The van der Waals surface area contributed by atoms with Crippen molar-refractivity contribution < 1.29 is 9.53 Å². The molecular weight excluding hydrogens is 358 g/mol. The number of anilines is 1. The van der Waals surface area contributed by atoms with E-state index in [1.54, 1.807) is 6.20 Å². The van der Waals surface area contributed by atoms with Crippen LogP contribution >= 0.6 is 23.1 Å². The number of hydrogen-bond acceptors (Lipinski definition) is 7. The second-order valence-corrected chi connectivity index (χ2v) is 7.35. The fraction of sp³-hybridized carbons (Fsp3) is 0.250. The third kappa shape index (κ3) is 4.58. The third-order valence-electron chi connectivity index (χ3n) is 3.35. The van der Waals surface area contributed by atoms with Crippen molar-refractivity contribution in [1.29, 1.82) is 0 Å². The summed E-state index contributed by atoms with van der Waals surface area (Å²) < 4.78 is 7.52. The summed E-state index contributed by atoms with van der Waals surface area (Å²) in [6.45, 7) is 2.14. The van der Waals surface area contributed by atoms with Crippen LogP contribution in [0.25, 0.3) is 0 Å². The van der Waals surface area contributed by atoms with E-state index in [4.69, 9.17) is 4.74 Å². The van der Waals surface area contributed by atoms with E-state index in [-0.39, 0.29) is 11.2 Å². The maximum Gasteiger partial charge on any atom is 0.239 e. The fourth-order valence-corrected chi connectivity index (χ4v) is 3.31. The summed E-state index contributed by atoms with van der Waals surface area (Å²) in [6.07, 6.45) is 1.65. The van der Waals surface area contributed by atoms with Gasteiger partial charge in [-0.1, -0.05) is 30.0 Å². The van der Waals surface area contributed by atoms with Gasteiger partial charge in [-0.3, -0.25) is 4.79 Å². The highest BCUT2D eigenvalue weighted by atomic mass is 32.2. The summed E-state index contributed by atoms with van der Waals surface area (Å²) in [5.41, 5.74) is 0. The summed E-state index contributed by atoms with van der Waals surface area (Å²) in [5, 5.41) is 13.8. The molecule has 1 atom stereocenters. The lowest BCUT2D eigenvalue weighted by molar-refractivity contribution is -0.115. The van der Waals surface area contributed by atoms with E-state index < -0.39 is 0 Å². The molecule has 9 heteroatoms. The molecule has 0 aliphatic carbocycles. The summed E-state index contributed by atoms with van der Waals surface area (Å²) in [4.78, 5) is 16.2. The van der Waals surface area contributed by atoms with E-state index in [0.717, 1.165) is 5.75 Å². The quantitative estimate of drug-likeness (QED) is 0.640. The number of nitrogens with zero attached hydrogens (tertiary/aromatic N) is 4. The van der Waals surface area contributed by atoms with Crippen LogP contribution in [-0.2, 0) is 18.4 Å². The zero-order valence-corrected chi connectivity index (χ0v) is 15.4. The Balaban J connectivity index is 1.57. The van der Waals surface area contributed by atoms with Crippen LogP contribution in [0.2, 0.25) is 0 Å². The molecule has 0 saturated heterocycles. The summed E-state index contributed by atoms with van der Waals surface area (Å²) in [7, 11) is 1.86. The fourth-order valence-electron chi connectivity index (χ4n) is 1.94. The molecule has 2 aromatic heterocycles. The molecule has 0 fully saturated rings. The Morgan fingerprint density at radius 2 is 2.16 bits per heavy atom. The number of benzene rings is 1. The molecule has 130 valence electrons. The minimum absolute atomic E-state index is 0.120. The minimum Gasteiger partial charge on any atom is -0.486 e. The van der Waals surface area contributed by atoms with Gasteiger partial charge in [0.2, 0.25) is 5.91 Å². The monoisotopic (exact) mass is 375 g/mol. The lowest BCUT2D eigenvalue weighted by atomic mass is 10.3. The largest absolute Gasteiger partial charge is 0.486 e. The van der Waals surface area contributed by atoms with E-state index in [1.807, 2.05) is 54.3 Å². The Hall–Kier alpha value is -2.39. The van der Waals surface area contributed by atoms with Gasteiger partial charge in [-0.25, -0.2) is 4.98 Å². The van der Waals surface area contributed by atoms with E-state index in [1.165, 1.54) is 23.1 Å². The molecule has 0 aliphatic rings. The number of rotatable bonds is 7. The number of aromatic nitrogens is 4. The van der Waals surface area contributed by atoms with Gasteiger partial charge in [0, 0.05) is 18.6 Å². The summed E-state index contributed by atoms with van der Waals surface area (Å²) in [5.74, 6) is 1.35. The molecule has 0 radical (unpaired) electrons. The Labute approximate surface area is 153 Å². The molecule has 1 aromatic carbocycles. The zero-order chi connectivity index (χ0) is 17.6. The first kappa shape index (κ1) is 17.4. The molecule has 3 aromatic rings. The van der Waals surface area contributed by atoms with Gasteiger partial charge in [-0.15, -0.1) is 21.5 Å². The number of thiazole rings is 1. The van der Waals surface area contributed by atoms with Crippen LogP contribution in [0.1, 0.15) is 12.7 Å². The predicted octanol–water partition coefficient (Wildman–Crippen LogP) is 2.97. The first-order chi connectivity index (χ1) is 12.1. The second kappa shape index (κ2) is 8.13. The summed E-state index contributed by atoms with van der Waals surface area (Å²) >= 11 is 2.73. The maximum atomic E-state index is 12.2. The Morgan fingerprint density at radius 3 is 2.88 bits per heavy atom. The van der Waals surface area contributed by atoms with E-state index in [9.17, 15) is 4.79 Å². The molecule has 1 amide bonds. The van der Waals surface area contributed by atoms with E-state index >= 15 is 0 Å². The van der Waals surface area contributed by atoms with Gasteiger partial charge in [0.25, 0.3) is 0 Å². The smallest absolute Gasteiger partial charge is 0.239 e. The number of para-hydroxylation sites is 1. The first-order valence-electron chi connectivity index (χ1n) is 7.56. The molecule has 0 saturated carbocycles. The van der Waals surface area contributed by atoms with Crippen molar-refractivity contribution >= 4 is 34.1 Å². The van der Waals surface area contributed by atoms with Crippen molar-refractivity contribution in [3.05, 3.63) is 47.7 Å². The van der Waals surface area contributed by atoms with Crippen LogP contribution in [0, 0.1) is 0 Å². The van der Waals surface area contributed by atoms with Crippen LogP contribution in [0.4, 0.5) is 5.13 Å². The van der Waals surface area contributed by atoms with Crippen molar-refractivity contribution in [3.63, 3.8) is 0 Å². The Bertz CT molecular complexity index is 820. The number of nitrogens with one attached hydrogen (secondary N) is 1. The van der Waals surface area contributed by atoms with Crippen molar-refractivity contribution in [2.45, 2.75) is 23.9 Å². The van der Waals surface area contributed by atoms with Gasteiger partial charge in [0.15, 0.2) is 16.1 Å². The number of ether oxygens (including phenoxy) is 1. The molecule has 2 heterocycles. The number of carbonyl (C=O) groups excluding carboxylic acids is 1. The molecule has 1 N–H and O–H groups in total. The average molecular weight is 375 g/mol. The topological polar surface area (TPSA) is 81.9 Å². The van der Waals surface area contributed by atoms with Crippen LogP contribution in [0.15, 0.2) is 47.1 Å². The molecular formula is C16H17N5O2S2. The molecule has 0 unspecified atom stereocenters. The van der Waals surface area contributed by atoms with Crippen LogP contribution in [0.3, 0.4) is 0 Å². The van der Waals surface area contributed by atoms with Crippen LogP contribution in [-0.4, -0.2) is 30.9 Å². The number of amides is 1.